The van der Waals surface area contributed by atoms with Crippen molar-refractivity contribution in [2.75, 3.05) is 0 Å². The largest absolute Gasteiger partial charge is 0.462 e. The van der Waals surface area contributed by atoms with Crippen LogP contribution in [0.25, 0.3) is 0 Å². The highest BCUT2D eigenvalue weighted by Gasteiger charge is 2.32. The molecule has 0 amide bonds. The molecule has 0 bridgehead atoms. The first-order chi connectivity index (χ1) is 5.24. The molecule has 1 aliphatic rings. The van der Waals surface area contributed by atoms with Crippen LogP contribution in [-0.2, 0) is 9.53 Å². The van der Waals surface area contributed by atoms with Gasteiger partial charge >= 0.3 is 5.97 Å². The first-order valence-corrected chi connectivity index (χ1v) is 4.02. The van der Waals surface area contributed by atoms with E-state index in [1.807, 2.05) is 6.08 Å². The Morgan fingerprint density at radius 2 is 2.45 bits per heavy atom. The van der Waals surface area contributed by atoms with Crippen molar-refractivity contribution in [3.8, 4) is 0 Å². The number of hydrogen-bond donors (Lipinski definition) is 0. The van der Waals surface area contributed by atoms with Crippen molar-refractivity contribution in [2.24, 2.45) is 5.92 Å². The molecule has 0 saturated heterocycles. The van der Waals surface area contributed by atoms with Crippen LogP contribution in [0.15, 0.2) is 12.7 Å². The van der Waals surface area contributed by atoms with Crippen LogP contribution in [0.4, 0.5) is 0 Å². The Kier molecular flexibility index (Phi) is 2.69. The summed E-state index contributed by atoms with van der Waals surface area (Å²) in [5, 5.41) is 0. The maximum absolute atomic E-state index is 10.6. The van der Waals surface area contributed by atoms with E-state index in [2.05, 4.69) is 6.58 Å². The van der Waals surface area contributed by atoms with Gasteiger partial charge in [0, 0.05) is 13.3 Å². The molecule has 1 aliphatic carbocycles. The number of carbonyl (C=O) groups is 1. The Morgan fingerprint density at radius 1 is 1.82 bits per heavy atom. The molecule has 0 aromatic rings. The maximum atomic E-state index is 10.6. The highest BCUT2D eigenvalue weighted by molar-refractivity contribution is 5.66. The van der Waals surface area contributed by atoms with Crippen LogP contribution >= 0.6 is 0 Å². The van der Waals surface area contributed by atoms with Gasteiger partial charge in [-0.05, 0) is 18.8 Å². The monoisotopic (exact) mass is 154 g/mol. The van der Waals surface area contributed by atoms with E-state index in [9.17, 15) is 4.79 Å². The highest BCUT2D eigenvalue weighted by atomic mass is 16.5. The maximum Gasteiger partial charge on any atom is 0.302 e. The van der Waals surface area contributed by atoms with Gasteiger partial charge in [-0.3, -0.25) is 4.79 Å². The molecule has 1 fully saturated rings. The molecular formula is C9H14O2. The summed E-state index contributed by atoms with van der Waals surface area (Å²) in [5.41, 5.74) is 0. The fourth-order valence-electron chi connectivity index (χ4n) is 1.18. The van der Waals surface area contributed by atoms with Crippen LogP contribution in [0.1, 0.15) is 26.2 Å². The zero-order chi connectivity index (χ0) is 8.27. The van der Waals surface area contributed by atoms with Crippen molar-refractivity contribution >= 4 is 5.97 Å². The van der Waals surface area contributed by atoms with Crippen molar-refractivity contribution in [1.82, 2.24) is 0 Å². The van der Waals surface area contributed by atoms with E-state index >= 15 is 0 Å². The molecule has 1 atom stereocenters. The predicted octanol–water partition coefficient (Wildman–Crippen LogP) is 1.90. The Balaban J connectivity index is 2.31. The van der Waals surface area contributed by atoms with Crippen LogP contribution in [0.3, 0.4) is 0 Å². The van der Waals surface area contributed by atoms with Gasteiger partial charge in [-0.1, -0.05) is 6.08 Å². The molecule has 2 heteroatoms. The van der Waals surface area contributed by atoms with Crippen molar-refractivity contribution in [3.63, 3.8) is 0 Å². The molecule has 62 valence electrons. The summed E-state index contributed by atoms with van der Waals surface area (Å²) in [6, 6.07) is 0. The minimum Gasteiger partial charge on any atom is -0.462 e. The smallest absolute Gasteiger partial charge is 0.302 e. The van der Waals surface area contributed by atoms with E-state index in [1.54, 1.807) is 0 Å². The standard InChI is InChI=1S/C9H14O2/c1-3-4-9(8-5-6-8)11-7(2)10/h3,8-9H,1,4-6H2,2H3. The van der Waals surface area contributed by atoms with Gasteiger partial charge in [0.05, 0.1) is 0 Å². The Morgan fingerprint density at radius 3 is 2.82 bits per heavy atom. The molecule has 2 nitrogen and oxygen atoms in total. The second-order valence-corrected chi connectivity index (χ2v) is 3.01. The summed E-state index contributed by atoms with van der Waals surface area (Å²) in [5.74, 6) is 0.431. The average Bonchev–Trinajstić information content (AvgIpc) is 2.66. The van der Waals surface area contributed by atoms with Gasteiger partial charge in [0.2, 0.25) is 0 Å². The summed E-state index contributed by atoms with van der Waals surface area (Å²) in [7, 11) is 0. The SMILES string of the molecule is C=CCC(OC(C)=O)C1CC1. The first-order valence-electron chi connectivity index (χ1n) is 4.02. The Hall–Kier alpha value is -0.790. The fourth-order valence-corrected chi connectivity index (χ4v) is 1.18. The minimum absolute atomic E-state index is 0.102. The van der Waals surface area contributed by atoms with Crippen molar-refractivity contribution < 1.29 is 9.53 Å². The fraction of sp³-hybridized carbons (Fsp3) is 0.667. The quantitative estimate of drug-likeness (QED) is 0.456. The molecular weight excluding hydrogens is 140 g/mol. The summed E-state index contributed by atoms with van der Waals surface area (Å²) in [6.45, 7) is 5.08. The van der Waals surface area contributed by atoms with Crippen molar-refractivity contribution in [3.05, 3.63) is 12.7 Å². The van der Waals surface area contributed by atoms with E-state index in [0.29, 0.717) is 5.92 Å². The van der Waals surface area contributed by atoms with Crippen molar-refractivity contribution in [1.29, 1.82) is 0 Å². The van der Waals surface area contributed by atoms with Gasteiger partial charge in [0.15, 0.2) is 0 Å². The molecule has 0 aromatic heterocycles. The lowest BCUT2D eigenvalue weighted by molar-refractivity contribution is -0.147. The molecule has 0 N–H and O–H groups in total. The second kappa shape index (κ2) is 3.56. The van der Waals surface area contributed by atoms with Crippen LogP contribution in [-0.4, -0.2) is 12.1 Å². The number of esters is 1. The first kappa shape index (κ1) is 8.31. The van der Waals surface area contributed by atoms with Crippen LogP contribution in [0.2, 0.25) is 0 Å². The predicted molar refractivity (Wildman–Crippen MR) is 43.1 cm³/mol. The zero-order valence-corrected chi connectivity index (χ0v) is 6.88. The van der Waals surface area contributed by atoms with E-state index in [4.69, 9.17) is 4.74 Å². The van der Waals surface area contributed by atoms with E-state index in [1.165, 1.54) is 19.8 Å². The third kappa shape index (κ3) is 2.74. The molecule has 1 rings (SSSR count). The van der Waals surface area contributed by atoms with Crippen LogP contribution in [0.5, 0.6) is 0 Å². The van der Waals surface area contributed by atoms with E-state index < -0.39 is 0 Å². The number of rotatable bonds is 4. The molecule has 1 saturated carbocycles. The lowest BCUT2D eigenvalue weighted by Gasteiger charge is -2.13. The minimum atomic E-state index is -0.177. The molecule has 0 spiro atoms. The van der Waals surface area contributed by atoms with Gasteiger partial charge in [0.1, 0.15) is 6.10 Å². The summed E-state index contributed by atoms with van der Waals surface area (Å²) in [6.07, 6.45) is 5.11. The van der Waals surface area contributed by atoms with Gasteiger partial charge < -0.3 is 4.74 Å². The topological polar surface area (TPSA) is 26.3 Å². The molecule has 0 aliphatic heterocycles. The summed E-state index contributed by atoms with van der Waals surface area (Å²) in [4.78, 5) is 10.6. The Labute approximate surface area is 67.2 Å². The second-order valence-electron chi connectivity index (χ2n) is 3.01. The van der Waals surface area contributed by atoms with Crippen LogP contribution in [0, 0.1) is 5.92 Å². The average molecular weight is 154 g/mol. The van der Waals surface area contributed by atoms with E-state index in [0.717, 1.165) is 6.42 Å². The zero-order valence-electron chi connectivity index (χ0n) is 6.88. The summed E-state index contributed by atoms with van der Waals surface area (Å²) < 4.78 is 5.10. The van der Waals surface area contributed by atoms with Gasteiger partial charge in [-0.25, -0.2) is 0 Å². The van der Waals surface area contributed by atoms with E-state index in [-0.39, 0.29) is 12.1 Å². The number of hydrogen-bond acceptors (Lipinski definition) is 2. The molecule has 0 radical (unpaired) electrons. The van der Waals surface area contributed by atoms with Crippen molar-refractivity contribution in [2.45, 2.75) is 32.3 Å². The normalized spacial score (nSPS) is 19.0. The Bertz CT molecular complexity index is 159. The lowest BCUT2D eigenvalue weighted by Crippen LogP contribution is -2.17. The van der Waals surface area contributed by atoms with Crippen LogP contribution < -0.4 is 0 Å². The highest BCUT2D eigenvalue weighted by Crippen LogP contribution is 2.35. The number of carbonyl (C=O) groups excluding carboxylic acids is 1. The third-order valence-electron chi connectivity index (χ3n) is 1.86. The summed E-state index contributed by atoms with van der Waals surface area (Å²) >= 11 is 0. The molecule has 1 unspecified atom stereocenters. The molecule has 11 heavy (non-hydrogen) atoms. The van der Waals surface area contributed by atoms with Gasteiger partial charge in [0.25, 0.3) is 0 Å². The molecule has 0 heterocycles. The number of ether oxygens (including phenoxy) is 1. The molecule has 0 aromatic carbocycles. The van der Waals surface area contributed by atoms with Gasteiger partial charge in [-0.15, -0.1) is 6.58 Å². The lowest BCUT2D eigenvalue weighted by atomic mass is 10.1. The van der Waals surface area contributed by atoms with Gasteiger partial charge in [-0.2, -0.15) is 0 Å². The third-order valence-corrected chi connectivity index (χ3v) is 1.86.